The lowest BCUT2D eigenvalue weighted by Crippen LogP contribution is -2.23. The van der Waals surface area contributed by atoms with Gasteiger partial charge in [-0.2, -0.15) is 0 Å². The molecule has 0 bridgehead atoms. The van der Waals surface area contributed by atoms with Crippen LogP contribution >= 0.6 is 23.1 Å². The highest BCUT2D eigenvalue weighted by Crippen LogP contribution is 2.27. The molecule has 0 fully saturated rings. The van der Waals surface area contributed by atoms with Crippen LogP contribution in [0.3, 0.4) is 0 Å². The van der Waals surface area contributed by atoms with Gasteiger partial charge in [-0.05, 0) is 74.4 Å². The molecule has 4 aromatic rings. The molecular weight excluding hydrogens is 438 g/mol. The maximum Gasteiger partial charge on any atom is 0.276 e. The van der Waals surface area contributed by atoms with Gasteiger partial charge >= 0.3 is 0 Å². The molecule has 5 nitrogen and oxygen atoms in total. The van der Waals surface area contributed by atoms with Crippen molar-refractivity contribution in [3.8, 4) is 5.69 Å². The van der Waals surface area contributed by atoms with Crippen LogP contribution in [0.5, 0.6) is 0 Å². The highest BCUT2D eigenvalue weighted by atomic mass is 32.2. The van der Waals surface area contributed by atoms with Gasteiger partial charge < -0.3 is 5.32 Å². The molecule has 0 atom stereocenters. The predicted molar refractivity (Wildman–Crippen MR) is 135 cm³/mol. The summed E-state index contributed by atoms with van der Waals surface area (Å²) in [6.07, 6.45) is 0. The van der Waals surface area contributed by atoms with Gasteiger partial charge in [0.2, 0.25) is 5.91 Å². The van der Waals surface area contributed by atoms with E-state index in [1.54, 1.807) is 4.57 Å². The van der Waals surface area contributed by atoms with Crippen molar-refractivity contribution in [2.75, 3.05) is 11.1 Å². The summed E-state index contributed by atoms with van der Waals surface area (Å²) >= 11 is 2.66. The number of benzene rings is 2. The maximum absolute atomic E-state index is 13.4. The van der Waals surface area contributed by atoms with E-state index in [1.807, 2.05) is 64.3 Å². The van der Waals surface area contributed by atoms with E-state index in [-0.39, 0.29) is 17.2 Å². The molecule has 2 aromatic carbocycles. The molecule has 0 aliphatic rings. The molecule has 1 N–H and O–H groups in total. The van der Waals surface area contributed by atoms with Gasteiger partial charge in [-0.1, -0.05) is 41.6 Å². The zero-order chi connectivity index (χ0) is 23.0. The summed E-state index contributed by atoms with van der Waals surface area (Å²) < 4.78 is 2.26. The van der Waals surface area contributed by atoms with Crippen LogP contribution in [0.2, 0.25) is 0 Å². The lowest BCUT2D eigenvalue weighted by Gasteiger charge is -2.16. The minimum atomic E-state index is -0.128. The molecule has 1 amide bonds. The van der Waals surface area contributed by atoms with Crippen LogP contribution in [-0.4, -0.2) is 21.2 Å². The number of anilines is 1. The van der Waals surface area contributed by atoms with Crippen molar-refractivity contribution in [2.24, 2.45) is 0 Å². The van der Waals surface area contributed by atoms with Crippen molar-refractivity contribution in [1.82, 2.24) is 9.55 Å². The average Bonchev–Trinajstić information content (AvgIpc) is 3.21. The molecule has 0 aliphatic heterocycles. The summed E-state index contributed by atoms with van der Waals surface area (Å²) in [6, 6.07) is 11.8. The van der Waals surface area contributed by atoms with Crippen molar-refractivity contribution >= 4 is 44.9 Å². The Morgan fingerprint density at radius 1 is 1.06 bits per heavy atom. The number of carbonyl (C=O) groups is 1. The summed E-state index contributed by atoms with van der Waals surface area (Å²) in [4.78, 5) is 30.9. The number of nitrogens with one attached hydrogen (secondary N) is 1. The topological polar surface area (TPSA) is 64.0 Å². The van der Waals surface area contributed by atoms with Gasteiger partial charge in [0.1, 0.15) is 4.70 Å². The molecule has 0 saturated heterocycles. The van der Waals surface area contributed by atoms with E-state index >= 15 is 0 Å². The first kappa shape index (κ1) is 22.3. The van der Waals surface area contributed by atoms with E-state index in [0.29, 0.717) is 15.4 Å². The third-order valence-electron chi connectivity index (χ3n) is 5.54. The molecule has 164 valence electrons. The smallest absolute Gasteiger partial charge is 0.276 e. The van der Waals surface area contributed by atoms with Crippen molar-refractivity contribution in [1.29, 1.82) is 0 Å². The van der Waals surface area contributed by atoms with Gasteiger partial charge in [-0.15, -0.1) is 11.3 Å². The molecule has 0 radical (unpaired) electrons. The Morgan fingerprint density at radius 3 is 2.50 bits per heavy atom. The summed E-state index contributed by atoms with van der Waals surface area (Å²) in [5.41, 5.74) is 7.54. The molecule has 0 saturated carbocycles. The van der Waals surface area contributed by atoms with Gasteiger partial charge in [-0.25, -0.2) is 4.98 Å². The minimum Gasteiger partial charge on any atom is -0.325 e. The molecule has 2 heterocycles. The van der Waals surface area contributed by atoms with Crippen molar-refractivity contribution in [3.63, 3.8) is 0 Å². The van der Waals surface area contributed by atoms with Crippen molar-refractivity contribution in [3.05, 3.63) is 79.9 Å². The number of aryl methyl sites for hydroxylation is 4. The van der Waals surface area contributed by atoms with Crippen LogP contribution in [0.15, 0.2) is 51.7 Å². The monoisotopic (exact) mass is 463 g/mol. The zero-order valence-electron chi connectivity index (χ0n) is 18.8. The van der Waals surface area contributed by atoms with Crippen LogP contribution in [0, 0.1) is 34.6 Å². The second-order valence-electron chi connectivity index (χ2n) is 8.00. The fraction of sp³-hybridized carbons (Fsp3) is 0.240. The Balaban J connectivity index is 1.68. The number of carbonyl (C=O) groups excluding carboxylic acids is 1. The number of hydrogen-bond donors (Lipinski definition) is 1. The van der Waals surface area contributed by atoms with Gasteiger partial charge in [0.05, 0.1) is 17.0 Å². The van der Waals surface area contributed by atoms with Crippen molar-refractivity contribution in [2.45, 2.75) is 39.8 Å². The van der Waals surface area contributed by atoms with Gasteiger partial charge in [0.25, 0.3) is 5.56 Å². The van der Waals surface area contributed by atoms with Gasteiger partial charge in [0.15, 0.2) is 5.16 Å². The SMILES string of the molecule is Cc1cc(C)c(NC(=O)CSc2nc3ccsc3c(=O)n2-c2cccc(C)c2C)c(C)c1. The Kier molecular flexibility index (Phi) is 6.22. The fourth-order valence-corrected chi connectivity index (χ4v) is 5.43. The number of hydrogen-bond acceptors (Lipinski definition) is 5. The average molecular weight is 464 g/mol. The molecule has 0 unspecified atom stereocenters. The van der Waals surface area contributed by atoms with Crippen LogP contribution < -0.4 is 10.9 Å². The van der Waals surface area contributed by atoms with Crippen LogP contribution in [-0.2, 0) is 4.79 Å². The number of nitrogens with zero attached hydrogens (tertiary/aromatic N) is 2. The standard InChI is InChI=1S/C25H25N3O2S2/c1-14-11-16(3)22(17(4)12-14)27-21(29)13-32-25-26-19-9-10-31-23(19)24(30)28(25)20-8-6-7-15(2)18(20)5/h6-12H,13H2,1-5H3,(H,27,29). The van der Waals surface area contributed by atoms with E-state index < -0.39 is 0 Å². The van der Waals surface area contributed by atoms with Crippen LogP contribution in [0.4, 0.5) is 5.69 Å². The number of thioether (sulfide) groups is 1. The fourth-order valence-electron chi connectivity index (χ4n) is 3.86. The van der Waals surface area contributed by atoms with Gasteiger partial charge in [-0.3, -0.25) is 14.2 Å². The molecular formula is C25H25N3O2S2. The molecule has 0 aliphatic carbocycles. The summed E-state index contributed by atoms with van der Waals surface area (Å²) in [5.74, 6) is 0.0249. The minimum absolute atomic E-state index is 0.105. The third-order valence-corrected chi connectivity index (χ3v) is 7.37. The molecule has 7 heteroatoms. The highest BCUT2D eigenvalue weighted by molar-refractivity contribution is 7.99. The Labute approximate surface area is 195 Å². The second kappa shape index (κ2) is 8.92. The number of amides is 1. The van der Waals surface area contributed by atoms with Gasteiger partial charge in [0, 0.05) is 5.69 Å². The second-order valence-corrected chi connectivity index (χ2v) is 9.86. The Hall–Kier alpha value is -2.90. The Morgan fingerprint density at radius 2 is 1.78 bits per heavy atom. The molecule has 2 aromatic heterocycles. The number of aromatic nitrogens is 2. The van der Waals surface area contributed by atoms with Crippen LogP contribution in [0.1, 0.15) is 27.8 Å². The summed E-state index contributed by atoms with van der Waals surface area (Å²) in [7, 11) is 0. The number of fused-ring (bicyclic) bond motifs is 1. The predicted octanol–water partition coefficient (Wildman–Crippen LogP) is 5.72. The molecule has 0 spiro atoms. The first-order valence-corrected chi connectivity index (χ1v) is 12.2. The summed E-state index contributed by atoms with van der Waals surface area (Å²) in [5, 5.41) is 5.42. The van der Waals surface area contributed by atoms with E-state index in [2.05, 4.69) is 17.4 Å². The number of rotatable bonds is 5. The first-order valence-electron chi connectivity index (χ1n) is 10.3. The zero-order valence-corrected chi connectivity index (χ0v) is 20.4. The van der Waals surface area contributed by atoms with E-state index in [4.69, 9.17) is 4.98 Å². The largest absolute Gasteiger partial charge is 0.325 e. The lowest BCUT2D eigenvalue weighted by molar-refractivity contribution is -0.113. The lowest BCUT2D eigenvalue weighted by atomic mass is 10.1. The van der Waals surface area contributed by atoms with E-state index in [9.17, 15) is 9.59 Å². The van der Waals surface area contributed by atoms with Crippen LogP contribution in [0.25, 0.3) is 15.9 Å². The van der Waals surface area contributed by atoms with E-state index in [1.165, 1.54) is 23.1 Å². The number of thiophene rings is 1. The normalized spacial score (nSPS) is 11.2. The maximum atomic E-state index is 13.4. The quantitative estimate of drug-likeness (QED) is 0.304. The van der Waals surface area contributed by atoms with E-state index in [0.717, 1.165) is 39.2 Å². The third kappa shape index (κ3) is 4.23. The molecule has 32 heavy (non-hydrogen) atoms. The summed E-state index contributed by atoms with van der Waals surface area (Å²) in [6.45, 7) is 10.0. The first-order chi connectivity index (χ1) is 15.3. The Bertz CT molecular complexity index is 1380. The van der Waals surface area contributed by atoms with Crippen molar-refractivity contribution < 1.29 is 4.79 Å². The highest BCUT2D eigenvalue weighted by Gasteiger charge is 2.18. The molecule has 4 rings (SSSR count).